The average Bonchev–Trinajstić information content (AvgIpc) is 2.62. The maximum atomic E-state index is 5.34. The van der Waals surface area contributed by atoms with Crippen molar-refractivity contribution < 1.29 is 4.74 Å². The van der Waals surface area contributed by atoms with E-state index in [0.29, 0.717) is 6.04 Å². The zero-order valence-corrected chi connectivity index (χ0v) is 13.6. The summed E-state index contributed by atoms with van der Waals surface area (Å²) >= 11 is 0. The monoisotopic (exact) mass is 309 g/mol. The first-order valence-corrected chi connectivity index (χ1v) is 8.42. The van der Waals surface area contributed by atoms with Crippen LogP contribution >= 0.6 is 0 Å². The highest BCUT2D eigenvalue weighted by Gasteiger charge is 2.30. The van der Waals surface area contributed by atoms with Crippen LogP contribution in [0.15, 0.2) is 42.7 Å². The van der Waals surface area contributed by atoms with Crippen LogP contribution in [0.1, 0.15) is 12.8 Å². The molecule has 2 unspecified atom stereocenters. The molecule has 0 radical (unpaired) electrons. The van der Waals surface area contributed by atoms with Crippen LogP contribution in [0.3, 0.4) is 0 Å². The number of rotatable bonds is 3. The van der Waals surface area contributed by atoms with E-state index >= 15 is 0 Å². The van der Waals surface area contributed by atoms with Crippen molar-refractivity contribution in [2.24, 2.45) is 0 Å². The van der Waals surface area contributed by atoms with Crippen molar-refractivity contribution in [3.8, 4) is 16.9 Å². The molecule has 2 aliphatic heterocycles. The van der Waals surface area contributed by atoms with Gasteiger partial charge in [-0.3, -0.25) is 9.88 Å². The van der Waals surface area contributed by atoms with Crippen molar-refractivity contribution in [1.29, 1.82) is 0 Å². The third kappa shape index (κ3) is 2.91. The van der Waals surface area contributed by atoms with Gasteiger partial charge in [0.15, 0.2) is 0 Å². The zero-order chi connectivity index (χ0) is 15.6. The Hall–Kier alpha value is -2.07. The zero-order valence-electron chi connectivity index (χ0n) is 13.6. The third-order valence-electron chi connectivity index (χ3n) is 5.04. The van der Waals surface area contributed by atoms with E-state index in [1.165, 1.54) is 38.2 Å². The van der Waals surface area contributed by atoms with Crippen LogP contribution in [-0.2, 0) is 0 Å². The Morgan fingerprint density at radius 1 is 1.09 bits per heavy atom. The summed E-state index contributed by atoms with van der Waals surface area (Å²) in [4.78, 5) is 9.64. The van der Waals surface area contributed by atoms with Gasteiger partial charge in [0.1, 0.15) is 5.75 Å². The number of ether oxygens (including phenoxy) is 1. The van der Waals surface area contributed by atoms with E-state index in [1.54, 1.807) is 7.11 Å². The van der Waals surface area contributed by atoms with Crippen molar-refractivity contribution in [2.45, 2.75) is 18.9 Å². The van der Waals surface area contributed by atoms with Crippen LogP contribution in [-0.4, -0.2) is 49.2 Å². The van der Waals surface area contributed by atoms with E-state index in [0.717, 1.165) is 23.4 Å². The normalized spacial score (nSPS) is 23.6. The van der Waals surface area contributed by atoms with Crippen LogP contribution in [0, 0.1) is 0 Å². The Morgan fingerprint density at radius 3 is 2.96 bits per heavy atom. The second kappa shape index (κ2) is 6.20. The maximum absolute atomic E-state index is 5.34. The van der Waals surface area contributed by atoms with Gasteiger partial charge in [0.2, 0.25) is 0 Å². The Kier molecular flexibility index (Phi) is 3.92. The van der Waals surface area contributed by atoms with Crippen molar-refractivity contribution >= 4 is 5.69 Å². The van der Waals surface area contributed by atoms with Crippen LogP contribution in [0.4, 0.5) is 5.69 Å². The summed E-state index contributed by atoms with van der Waals surface area (Å²) in [6, 6.07) is 11.1. The molecule has 4 heteroatoms. The Balaban J connectivity index is 1.63. The highest BCUT2D eigenvalue weighted by Crippen LogP contribution is 2.30. The molecule has 2 atom stereocenters. The van der Waals surface area contributed by atoms with Gasteiger partial charge in [0, 0.05) is 37.4 Å². The Labute approximate surface area is 137 Å². The second-order valence-corrected chi connectivity index (χ2v) is 6.45. The van der Waals surface area contributed by atoms with Gasteiger partial charge in [-0.15, -0.1) is 0 Å². The molecule has 4 rings (SSSR count). The number of hydrogen-bond donors (Lipinski definition) is 0. The number of anilines is 1. The van der Waals surface area contributed by atoms with Crippen LogP contribution in [0.25, 0.3) is 11.1 Å². The second-order valence-electron chi connectivity index (χ2n) is 6.45. The molecule has 2 aliphatic rings. The molecule has 3 heterocycles. The van der Waals surface area contributed by atoms with Crippen molar-refractivity contribution in [3.63, 3.8) is 0 Å². The number of piperidine rings is 1. The van der Waals surface area contributed by atoms with E-state index in [9.17, 15) is 0 Å². The lowest BCUT2D eigenvalue weighted by Crippen LogP contribution is -2.56. The first-order chi connectivity index (χ1) is 11.3. The van der Waals surface area contributed by atoms with Crippen LogP contribution < -0.4 is 9.64 Å². The smallest absolute Gasteiger partial charge is 0.119 e. The van der Waals surface area contributed by atoms with Gasteiger partial charge in [-0.1, -0.05) is 12.1 Å². The van der Waals surface area contributed by atoms with Gasteiger partial charge in [-0.05, 0) is 43.1 Å². The number of aromatic nitrogens is 1. The summed E-state index contributed by atoms with van der Waals surface area (Å²) in [6.45, 7) is 4.74. The number of methoxy groups -OCH3 is 1. The van der Waals surface area contributed by atoms with Crippen molar-refractivity contribution in [1.82, 2.24) is 9.88 Å². The van der Waals surface area contributed by atoms with Gasteiger partial charge in [-0.2, -0.15) is 0 Å². The number of fused-ring (bicyclic) bond motifs is 2. The molecular weight excluding hydrogens is 286 g/mol. The lowest BCUT2D eigenvalue weighted by atomic mass is 9.99. The van der Waals surface area contributed by atoms with E-state index in [4.69, 9.17) is 4.74 Å². The van der Waals surface area contributed by atoms with E-state index in [1.807, 2.05) is 24.5 Å². The average molecular weight is 309 g/mol. The maximum Gasteiger partial charge on any atom is 0.119 e. The Bertz CT molecular complexity index is 688. The fraction of sp³-hybridized carbons (Fsp3) is 0.421. The van der Waals surface area contributed by atoms with Crippen molar-refractivity contribution in [2.75, 3.05) is 38.2 Å². The highest BCUT2D eigenvalue weighted by atomic mass is 16.5. The fourth-order valence-corrected chi connectivity index (χ4v) is 3.81. The molecule has 0 N–H and O–H groups in total. The molecule has 0 amide bonds. The molecule has 2 bridgehead atoms. The first-order valence-electron chi connectivity index (χ1n) is 8.42. The van der Waals surface area contributed by atoms with Gasteiger partial charge in [0.05, 0.1) is 19.0 Å². The van der Waals surface area contributed by atoms with Crippen LogP contribution in [0.5, 0.6) is 5.75 Å². The minimum absolute atomic E-state index is 0.639. The predicted octanol–water partition coefficient (Wildman–Crippen LogP) is 3.04. The number of pyridine rings is 1. The molecule has 120 valence electrons. The summed E-state index contributed by atoms with van der Waals surface area (Å²) in [7, 11) is 1.70. The molecule has 4 nitrogen and oxygen atoms in total. The summed E-state index contributed by atoms with van der Waals surface area (Å²) in [5, 5.41) is 0. The van der Waals surface area contributed by atoms with Gasteiger partial charge < -0.3 is 9.64 Å². The predicted molar refractivity (Wildman–Crippen MR) is 93.0 cm³/mol. The molecule has 2 saturated heterocycles. The summed E-state index contributed by atoms with van der Waals surface area (Å²) < 4.78 is 5.34. The molecule has 23 heavy (non-hydrogen) atoms. The molecular formula is C19H23N3O. The van der Waals surface area contributed by atoms with Gasteiger partial charge >= 0.3 is 0 Å². The molecule has 1 aromatic carbocycles. The lowest BCUT2D eigenvalue weighted by molar-refractivity contribution is 0.174. The fourth-order valence-electron chi connectivity index (χ4n) is 3.81. The molecule has 0 saturated carbocycles. The largest absolute Gasteiger partial charge is 0.497 e. The lowest BCUT2D eigenvalue weighted by Gasteiger charge is -2.46. The number of hydrogen-bond acceptors (Lipinski definition) is 4. The van der Waals surface area contributed by atoms with E-state index in [-0.39, 0.29) is 0 Å². The summed E-state index contributed by atoms with van der Waals surface area (Å²) in [6.07, 6.45) is 6.55. The van der Waals surface area contributed by atoms with Crippen LogP contribution in [0.2, 0.25) is 0 Å². The molecule has 0 spiro atoms. The summed E-state index contributed by atoms with van der Waals surface area (Å²) in [5.74, 6) is 0.883. The SMILES string of the molecule is COc1cccc(-c2cncc(N3CCN4CCCC3C4)c2)c1. The van der Waals surface area contributed by atoms with E-state index in [2.05, 4.69) is 33.0 Å². The number of nitrogens with zero attached hydrogens (tertiary/aromatic N) is 3. The molecule has 0 aliphatic carbocycles. The standard InChI is InChI=1S/C19H23N3O/c1-23-19-6-2-4-15(11-19)16-10-18(13-20-12-16)22-9-8-21-7-3-5-17(22)14-21/h2,4,6,10-13,17H,3,5,7-9,14H2,1H3. The van der Waals surface area contributed by atoms with Crippen molar-refractivity contribution in [3.05, 3.63) is 42.7 Å². The molecule has 2 fully saturated rings. The Morgan fingerprint density at radius 2 is 2.04 bits per heavy atom. The quantitative estimate of drug-likeness (QED) is 0.871. The first kappa shape index (κ1) is 14.5. The number of piperazine rings is 1. The molecule has 2 aromatic rings. The minimum Gasteiger partial charge on any atom is -0.497 e. The molecule has 1 aromatic heterocycles. The highest BCUT2D eigenvalue weighted by molar-refractivity contribution is 5.68. The van der Waals surface area contributed by atoms with E-state index < -0.39 is 0 Å². The topological polar surface area (TPSA) is 28.6 Å². The number of benzene rings is 1. The minimum atomic E-state index is 0.639. The van der Waals surface area contributed by atoms with Gasteiger partial charge in [-0.25, -0.2) is 0 Å². The summed E-state index contributed by atoms with van der Waals surface area (Å²) in [5.41, 5.74) is 3.55. The van der Waals surface area contributed by atoms with Gasteiger partial charge in [0.25, 0.3) is 0 Å². The third-order valence-corrected chi connectivity index (χ3v) is 5.04.